The van der Waals surface area contributed by atoms with E-state index in [2.05, 4.69) is 5.32 Å². The van der Waals surface area contributed by atoms with Crippen molar-refractivity contribution >= 4 is 23.4 Å². The van der Waals surface area contributed by atoms with Gasteiger partial charge in [-0.3, -0.25) is 0 Å². The zero-order valence-electron chi connectivity index (χ0n) is 11.2. The van der Waals surface area contributed by atoms with Gasteiger partial charge in [-0.2, -0.15) is 0 Å². The highest BCUT2D eigenvalue weighted by atomic mass is 32.1. The number of amides is 1. The number of aliphatic carboxylic acids is 1. The third-order valence-electron chi connectivity index (χ3n) is 2.76. The van der Waals surface area contributed by atoms with E-state index in [0.717, 1.165) is 10.4 Å². The average Bonchev–Trinajstić information content (AvgIpc) is 2.99. The van der Waals surface area contributed by atoms with Gasteiger partial charge in [-0.05, 0) is 17.0 Å². The average molecular weight is 304 g/mol. The van der Waals surface area contributed by atoms with Crippen LogP contribution in [0.2, 0.25) is 0 Å². The summed E-state index contributed by atoms with van der Waals surface area (Å²) in [4.78, 5) is 23.3. The Morgan fingerprint density at radius 3 is 2.57 bits per heavy atom. The molecular formula is C15H14NO4S-. The minimum atomic E-state index is -1.23. The van der Waals surface area contributed by atoms with Crippen LogP contribution in [0.3, 0.4) is 0 Å². The largest absolute Gasteiger partial charge is 0.550 e. The molecule has 1 heterocycles. The Labute approximate surface area is 126 Å². The molecule has 0 aliphatic carbocycles. The number of rotatable bonds is 6. The molecule has 0 bridgehead atoms. The van der Waals surface area contributed by atoms with E-state index in [1.54, 1.807) is 12.1 Å². The van der Waals surface area contributed by atoms with Gasteiger partial charge < -0.3 is 20.0 Å². The second kappa shape index (κ2) is 7.44. The summed E-state index contributed by atoms with van der Waals surface area (Å²) in [6.07, 6.45) is -0.945. The molecule has 0 aliphatic heterocycles. The summed E-state index contributed by atoms with van der Waals surface area (Å²) >= 11 is 1.37. The lowest BCUT2D eigenvalue weighted by Gasteiger charge is -2.17. The fourth-order valence-corrected chi connectivity index (χ4v) is 2.56. The van der Waals surface area contributed by atoms with Crippen LogP contribution in [0.25, 0.3) is 0 Å². The van der Waals surface area contributed by atoms with Crippen LogP contribution >= 0.6 is 11.3 Å². The molecule has 5 nitrogen and oxygen atoms in total. The van der Waals surface area contributed by atoms with Crippen LogP contribution in [0.4, 0.5) is 4.79 Å². The topological polar surface area (TPSA) is 78.5 Å². The summed E-state index contributed by atoms with van der Waals surface area (Å²) < 4.78 is 5.08. The molecule has 1 aromatic heterocycles. The number of carboxylic acids is 1. The molecule has 6 heteroatoms. The molecule has 1 N–H and O–H groups in total. The highest BCUT2D eigenvalue weighted by Gasteiger charge is 2.16. The third kappa shape index (κ3) is 4.92. The second-order valence-corrected chi connectivity index (χ2v) is 5.33. The molecule has 0 unspecified atom stereocenters. The lowest BCUT2D eigenvalue weighted by atomic mass is 10.2. The maximum absolute atomic E-state index is 11.8. The number of hydrogen-bond acceptors (Lipinski definition) is 5. The normalized spacial score (nSPS) is 11.6. The standard InChI is InChI=1S/C15H15NO4S/c17-14(18)9-12(13-7-4-8-21-13)16-15(19)20-10-11-5-2-1-3-6-11/h1-8,12H,9-10H2,(H,16,19)(H,17,18)/p-1/t12-/m1/s1. The number of hydrogen-bond donors (Lipinski definition) is 1. The van der Waals surface area contributed by atoms with Gasteiger partial charge in [-0.15, -0.1) is 11.3 Å². The van der Waals surface area contributed by atoms with Crippen molar-refractivity contribution in [3.8, 4) is 0 Å². The van der Waals surface area contributed by atoms with Gasteiger partial charge in [0.25, 0.3) is 0 Å². The summed E-state index contributed by atoms with van der Waals surface area (Å²) in [5.74, 6) is -1.23. The maximum atomic E-state index is 11.8. The van der Waals surface area contributed by atoms with Crippen LogP contribution in [0.1, 0.15) is 22.9 Å². The van der Waals surface area contributed by atoms with Gasteiger partial charge >= 0.3 is 6.09 Å². The first-order valence-corrected chi connectivity index (χ1v) is 7.23. The lowest BCUT2D eigenvalue weighted by Crippen LogP contribution is -2.34. The molecule has 1 aromatic carbocycles. The Morgan fingerprint density at radius 2 is 1.95 bits per heavy atom. The van der Waals surface area contributed by atoms with E-state index < -0.39 is 18.1 Å². The Balaban J connectivity index is 1.90. The number of carboxylic acid groups (broad SMARTS) is 1. The van der Waals surface area contributed by atoms with Gasteiger partial charge in [0, 0.05) is 17.3 Å². The van der Waals surface area contributed by atoms with Crippen LogP contribution in [-0.4, -0.2) is 12.1 Å². The Kier molecular flexibility index (Phi) is 5.34. The summed E-state index contributed by atoms with van der Waals surface area (Å²) in [6, 6.07) is 12.2. The fourth-order valence-electron chi connectivity index (χ4n) is 1.79. The van der Waals surface area contributed by atoms with Gasteiger partial charge in [0.05, 0.1) is 6.04 Å². The number of benzene rings is 1. The smallest absolute Gasteiger partial charge is 0.407 e. The molecule has 0 saturated carbocycles. The van der Waals surface area contributed by atoms with E-state index in [1.807, 2.05) is 35.7 Å². The molecule has 2 aromatic rings. The van der Waals surface area contributed by atoms with E-state index in [-0.39, 0.29) is 13.0 Å². The van der Waals surface area contributed by atoms with Crippen molar-refractivity contribution in [1.82, 2.24) is 5.32 Å². The maximum Gasteiger partial charge on any atom is 0.407 e. The lowest BCUT2D eigenvalue weighted by molar-refractivity contribution is -0.306. The van der Waals surface area contributed by atoms with E-state index >= 15 is 0 Å². The van der Waals surface area contributed by atoms with E-state index in [1.165, 1.54) is 11.3 Å². The predicted octanol–water partition coefficient (Wildman–Crippen LogP) is 1.86. The molecule has 0 aliphatic rings. The van der Waals surface area contributed by atoms with Crippen molar-refractivity contribution in [2.75, 3.05) is 0 Å². The Bertz CT molecular complexity index is 583. The number of ether oxygens (including phenoxy) is 1. The zero-order valence-corrected chi connectivity index (χ0v) is 12.0. The van der Waals surface area contributed by atoms with E-state index in [9.17, 15) is 14.7 Å². The number of carbonyl (C=O) groups excluding carboxylic acids is 2. The first kappa shape index (κ1) is 15.1. The van der Waals surface area contributed by atoms with Crippen molar-refractivity contribution in [1.29, 1.82) is 0 Å². The molecule has 110 valence electrons. The molecule has 0 saturated heterocycles. The number of thiophene rings is 1. The minimum absolute atomic E-state index is 0.134. The molecule has 0 fully saturated rings. The quantitative estimate of drug-likeness (QED) is 0.883. The molecule has 2 rings (SSSR count). The Morgan fingerprint density at radius 1 is 1.19 bits per heavy atom. The number of alkyl carbamates (subject to hydrolysis) is 1. The predicted molar refractivity (Wildman–Crippen MR) is 76.4 cm³/mol. The van der Waals surface area contributed by atoms with E-state index in [4.69, 9.17) is 4.74 Å². The first-order valence-electron chi connectivity index (χ1n) is 6.35. The Hall–Kier alpha value is -2.34. The van der Waals surface area contributed by atoms with Crippen molar-refractivity contribution < 1.29 is 19.4 Å². The minimum Gasteiger partial charge on any atom is -0.550 e. The van der Waals surface area contributed by atoms with Gasteiger partial charge in [0.15, 0.2) is 0 Å². The summed E-state index contributed by atoms with van der Waals surface area (Å²) in [7, 11) is 0. The molecule has 1 atom stereocenters. The van der Waals surface area contributed by atoms with Crippen LogP contribution < -0.4 is 10.4 Å². The fraction of sp³-hybridized carbons (Fsp3) is 0.200. The van der Waals surface area contributed by atoms with Crippen molar-refractivity contribution in [2.24, 2.45) is 0 Å². The van der Waals surface area contributed by atoms with Crippen LogP contribution in [-0.2, 0) is 16.1 Å². The first-order chi connectivity index (χ1) is 10.1. The zero-order chi connectivity index (χ0) is 15.1. The van der Waals surface area contributed by atoms with Gasteiger partial charge in [0.2, 0.25) is 0 Å². The summed E-state index contributed by atoms with van der Waals surface area (Å²) in [6.45, 7) is 0.134. The number of carbonyl (C=O) groups is 2. The highest BCUT2D eigenvalue weighted by Crippen LogP contribution is 2.21. The monoisotopic (exact) mass is 304 g/mol. The summed E-state index contributed by atoms with van der Waals surface area (Å²) in [5, 5.41) is 15.1. The van der Waals surface area contributed by atoms with E-state index in [0.29, 0.717) is 0 Å². The highest BCUT2D eigenvalue weighted by molar-refractivity contribution is 7.10. The van der Waals surface area contributed by atoms with Crippen molar-refractivity contribution in [2.45, 2.75) is 19.1 Å². The molecule has 0 radical (unpaired) electrons. The molecule has 21 heavy (non-hydrogen) atoms. The number of nitrogens with one attached hydrogen (secondary N) is 1. The van der Waals surface area contributed by atoms with Crippen LogP contribution in [0, 0.1) is 0 Å². The third-order valence-corrected chi connectivity index (χ3v) is 3.75. The van der Waals surface area contributed by atoms with Crippen LogP contribution in [0.5, 0.6) is 0 Å². The van der Waals surface area contributed by atoms with Gasteiger partial charge in [0.1, 0.15) is 6.61 Å². The van der Waals surface area contributed by atoms with Crippen LogP contribution in [0.15, 0.2) is 47.8 Å². The van der Waals surface area contributed by atoms with Crippen molar-refractivity contribution in [3.05, 3.63) is 58.3 Å². The molecule has 1 amide bonds. The van der Waals surface area contributed by atoms with Crippen molar-refractivity contribution in [3.63, 3.8) is 0 Å². The SMILES string of the molecule is O=C([O-])C[C@@H](NC(=O)OCc1ccccc1)c1cccs1. The summed E-state index contributed by atoms with van der Waals surface area (Å²) in [5.41, 5.74) is 0.861. The van der Waals surface area contributed by atoms with Gasteiger partial charge in [-0.1, -0.05) is 36.4 Å². The molecular weight excluding hydrogens is 290 g/mol. The second-order valence-electron chi connectivity index (χ2n) is 4.35. The molecule has 0 spiro atoms. The van der Waals surface area contributed by atoms with Gasteiger partial charge in [-0.25, -0.2) is 4.79 Å².